The zero-order valence-electron chi connectivity index (χ0n) is 12.1. The molecule has 1 saturated heterocycles. The second-order valence-electron chi connectivity index (χ2n) is 5.27. The van der Waals surface area contributed by atoms with E-state index < -0.39 is 5.60 Å². The first-order chi connectivity index (χ1) is 10.2. The molecule has 2 aromatic rings. The SMILES string of the molecule is COc1nccnc1C1(O)CCN(c2ccccc2)CC1. The fourth-order valence-corrected chi connectivity index (χ4v) is 2.80. The van der Waals surface area contributed by atoms with Gasteiger partial charge in [0.2, 0.25) is 5.88 Å². The monoisotopic (exact) mass is 285 g/mol. The van der Waals surface area contributed by atoms with E-state index in [1.165, 1.54) is 5.69 Å². The van der Waals surface area contributed by atoms with Gasteiger partial charge in [0.15, 0.2) is 0 Å². The van der Waals surface area contributed by atoms with Crippen molar-refractivity contribution in [3.8, 4) is 5.88 Å². The molecule has 5 nitrogen and oxygen atoms in total. The largest absolute Gasteiger partial charge is 0.480 e. The number of piperidine rings is 1. The first-order valence-electron chi connectivity index (χ1n) is 7.11. The molecule has 5 heteroatoms. The molecule has 1 aromatic heterocycles. The van der Waals surface area contributed by atoms with Crippen LogP contribution in [0, 0.1) is 0 Å². The van der Waals surface area contributed by atoms with E-state index in [-0.39, 0.29) is 0 Å². The summed E-state index contributed by atoms with van der Waals surface area (Å²) < 4.78 is 5.23. The topological polar surface area (TPSA) is 58.5 Å². The summed E-state index contributed by atoms with van der Waals surface area (Å²) in [6.45, 7) is 1.56. The molecule has 1 aromatic carbocycles. The fourth-order valence-electron chi connectivity index (χ4n) is 2.80. The molecule has 1 fully saturated rings. The molecule has 0 unspecified atom stereocenters. The van der Waals surface area contributed by atoms with Gasteiger partial charge in [0, 0.05) is 31.2 Å². The first-order valence-corrected chi connectivity index (χ1v) is 7.11. The molecule has 0 saturated carbocycles. The van der Waals surface area contributed by atoms with Crippen molar-refractivity contribution in [1.29, 1.82) is 0 Å². The fraction of sp³-hybridized carbons (Fsp3) is 0.375. The van der Waals surface area contributed by atoms with Crippen molar-refractivity contribution in [1.82, 2.24) is 9.97 Å². The van der Waals surface area contributed by atoms with Crippen LogP contribution < -0.4 is 9.64 Å². The smallest absolute Gasteiger partial charge is 0.238 e. The number of aliphatic hydroxyl groups is 1. The summed E-state index contributed by atoms with van der Waals surface area (Å²) >= 11 is 0. The number of hydrogen-bond acceptors (Lipinski definition) is 5. The molecule has 21 heavy (non-hydrogen) atoms. The highest BCUT2D eigenvalue weighted by Gasteiger charge is 2.38. The van der Waals surface area contributed by atoms with Crippen LogP contribution in [0.3, 0.4) is 0 Å². The van der Waals surface area contributed by atoms with E-state index in [0.29, 0.717) is 24.4 Å². The van der Waals surface area contributed by atoms with Crippen molar-refractivity contribution >= 4 is 5.69 Å². The average Bonchev–Trinajstić information content (AvgIpc) is 2.56. The highest BCUT2D eigenvalue weighted by atomic mass is 16.5. The van der Waals surface area contributed by atoms with Gasteiger partial charge in [0.05, 0.1) is 7.11 Å². The second kappa shape index (κ2) is 5.69. The highest BCUT2D eigenvalue weighted by Crippen LogP contribution is 2.36. The van der Waals surface area contributed by atoms with E-state index in [2.05, 4.69) is 27.0 Å². The Bertz CT molecular complexity index is 595. The summed E-state index contributed by atoms with van der Waals surface area (Å²) in [7, 11) is 1.55. The molecule has 0 amide bonds. The summed E-state index contributed by atoms with van der Waals surface area (Å²) in [6, 6.07) is 10.2. The molecule has 0 spiro atoms. The lowest BCUT2D eigenvalue weighted by Crippen LogP contribution is -2.43. The second-order valence-corrected chi connectivity index (χ2v) is 5.27. The van der Waals surface area contributed by atoms with Gasteiger partial charge in [-0.05, 0) is 25.0 Å². The number of nitrogens with zero attached hydrogens (tertiary/aromatic N) is 3. The van der Waals surface area contributed by atoms with E-state index >= 15 is 0 Å². The van der Waals surface area contributed by atoms with E-state index in [0.717, 1.165) is 13.1 Å². The van der Waals surface area contributed by atoms with E-state index in [4.69, 9.17) is 4.74 Å². The molecule has 0 aliphatic carbocycles. The number of rotatable bonds is 3. The van der Waals surface area contributed by atoms with Crippen molar-refractivity contribution in [3.05, 3.63) is 48.4 Å². The van der Waals surface area contributed by atoms with Gasteiger partial charge in [-0.25, -0.2) is 4.98 Å². The minimum Gasteiger partial charge on any atom is -0.480 e. The Labute approximate surface area is 124 Å². The van der Waals surface area contributed by atoms with Crippen LogP contribution in [0.2, 0.25) is 0 Å². The maximum Gasteiger partial charge on any atom is 0.238 e. The zero-order valence-corrected chi connectivity index (χ0v) is 12.1. The molecule has 0 bridgehead atoms. The molecule has 1 aliphatic heterocycles. The summed E-state index contributed by atoms with van der Waals surface area (Å²) in [5.41, 5.74) is 0.760. The van der Waals surface area contributed by atoms with Crippen molar-refractivity contribution in [2.75, 3.05) is 25.1 Å². The van der Waals surface area contributed by atoms with Gasteiger partial charge in [-0.3, -0.25) is 4.98 Å². The standard InChI is InChI=1S/C16H19N3O2/c1-21-15-14(17-9-10-18-15)16(20)7-11-19(12-8-16)13-5-3-2-4-6-13/h2-6,9-10,20H,7-8,11-12H2,1H3. The third kappa shape index (κ3) is 2.69. The molecule has 2 heterocycles. The lowest BCUT2D eigenvalue weighted by molar-refractivity contribution is 0.00476. The molecule has 3 rings (SSSR count). The molecule has 1 aliphatic rings. The lowest BCUT2D eigenvalue weighted by Gasteiger charge is -2.39. The van der Waals surface area contributed by atoms with Crippen LogP contribution in [0.15, 0.2) is 42.7 Å². The van der Waals surface area contributed by atoms with Crippen LogP contribution >= 0.6 is 0 Å². The Balaban J connectivity index is 1.78. The maximum atomic E-state index is 10.9. The Kier molecular flexibility index (Phi) is 3.75. The number of aromatic nitrogens is 2. The van der Waals surface area contributed by atoms with Crippen molar-refractivity contribution < 1.29 is 9.84 Å². The van der Waals surface area contributed by atoms with Crippen LogP contribution in [0.1, 0.15) is 18.5 Å². The summed E-state index contributed by atoms with van der Waals surface area (Å²) in [5, 5.41) is 10.9. The molecule has 110 valence electrons. The van der Waals surface area contributed by atoms with Crippen LogP contribution in [0.25, 0.3) is 0 Å². The van der Waals surface area contributed by atoms with Gasteiger partial charge in [0.25, 0.3) is 0 Å². The number of hydrogen-bond donors (Lipinski definition) is 1. The highest BCUT2D eigenvalue weighted by molar-refractivity contribution is 5.46. The minimum atomic E-state index is -0.967. The number of anilines is 1. The first kappa shape index (κ1) is 13.8. The van der Waals surface area contributed by atoms with Gasteiger partial charge in [-0.2, -0.15) is 0 Å². The van der Waals surface area contributed by atoms with E-state index in [1.54, 1.807) is 19.5 Å². The molecule has 0 atom stereocenters. The van der Waals surface area contributed by atoms with Crippen molar-refractivity contribution in [2.45, 2.75) is 18.4 Å². The Morgan fingerprint density at radius 2 is 1.76 bits per heavy atom. The van der Waals surface area contributed by atoms with Crippen LogP contribution in [-0.4, -0.2) is 35.3 Å². The predicted molar refractivity (Wildman–Crippen MR) is 80.4 cm³/mol. The third-order valence-electron chi connectivity index (χ3n) is 4.01. The number of para-hydroxylation sites is 1. The number of ether oxygens (including phenoxy) is 1. The van der Waals surface area contributed by atoms with Crippen molar-refractivity contribution in [3.63, 3.8) is 0 Å². The Morgan fingerprint density at radius 3 is 2.43 bits per heavy atom. The van der Waals surface area contributed by atoms with Gasteiger partial charge < -0.3 is 14.7 Å². The Hall–Kier alpha value is -2.14. The van der Waals surface area contributed by atoms with E-state index in [1.807, 2.05) is 18.2 Å². The quantitative estimate of drug-likeness (QED) is 0.934. The van der Waals surface area contributed by atoms with E-state index in [9.17, 15) is 5.11 Å². The molecular formula is C16H19N3O2. The molecule has 0 radical (unpaired) electrons. The molecule has 1 N–H and O–H groups in total. The number of methoxy groups -OCH3 is 1. The zero-order chi connectivity index (χ0) is 14.7. The normalized spacial score (nSPS) is 17.5. The molecular weight excluding hydrogens is 266 g/mol. The maximum absolute atomic E-state index is 10.9. The van der Waals surface area contributed by atoms with Gasteiger partial charge >= 0.3 is 0 Å². The van der Waals surface area contributed by atoms with Crippen LogP contribution in [0.4, 0.5) is 5.69 Å². The Morgan fingerprint density at radius 1 is 1.10 bits per heavy atom. The van der Waals surface area contributed by atoms with Gasteiger partial charge in [0.1, 0.15) is 11.3 Å². The van der Waals surface area contributed by atoms with Crippen LogP contribution in [0.5, 0.6) is 5.88 Å². The third-order valence-corrected chi connectivity index (χ3v) is 4.01. The predicted octanol–water partition coefficient (Wildman–Crippen LogP) is 1.97. The summed E-state index contributed by atoms with van der Waals surface area (Å²) in [6.07, 6.45) is 4.39. The lowest BCUT2D eigenvalue weighted by atomic mass is 9.88. The van der Waals surface area contributed by atoms with Gasteiger partial charge in [-0.15, -0.1) is 0 Å². The summed E-state index contributed by atoms with van der Waals surface area (Å²) in [4.78, 5) is 10.7. The summed E-state index contributed by atoms with van der Waals surface area (Å²) in [5.74, 6) is 0.410. The van der Waals surface area contributed by atoms with Gasteiger partial charge in [-0.1, -0.05) is 18.2 Å². The average molecular weight is 285 g/mol. The van der Waals surface area contributed by atoms with Crippen LogP contribution in [-0.2, 0) is 5.60 Å². The minimum absolute atomic E-state index is 0.410. The number of benzene rings is 1. The van der Waals surface area contributed by atoms with Crippen molar-refractivity contribution in [2.24, 2.45) is 0 Å².